The number of anilines is 3. The fraction of sp³-hybridized carbons (Fsp3) is 0.0500. The van der Waals surface area contributed by atoms with E-state index < -0.39 is 0 Å². The summed E-state index contributed by atoms with van der Waals surface area (Å²) in [5, 5.41) is 3.43. The van der Waals surface area contributed by atoms with Crippen LogP contribution in [0.3, 0.4) is 0 Å². The van der Waals surface area contributed by atoms with Gasteiger partial charge >= 0.3 is 0 Å². The molecule has 3 nitrogen and oxygen atoms in total. The molecule has 0 radical (unpaired) electrons. The van der Waals surface area contributed by atoms with Gasteiger partial charge in [-0.05, 0) is 36.4 Å². The lowest BCUT2D eigenvalue weighted by atomic mass is 10.1. The smallest absolute Gasteiger partial charge is 0.260 e. The van der Waals surface area contributed by atoms with Crippen LogP contribution in [0.25, 0.3) is 0 Å². The van der Waals surface area contributed by atoms with Gasteiger partial charge in [-0.25, -0.2) is 0 Å². The molecular weight excluding hydrogens is 316 g/mol. The normalized spacial score (nSPS) is 11.9. The van der Waals surface area contributed by atoms with Gasteiger partial charge in [0.25, 0.3) is 5.91 Å². The van der Waals surface area contributed by atoms with Crippen LogP contribution in [0.5, 0.6) is 0 Å². The molecule has 0 unspecified atom stereocenters. The van der Waals surface area contributed by atoms with E-state index in [1.165, 1.54) is 4.90 Å². The average molecular weight is 332 g/mol. The number of hydrogen-bond donors (Lipinski definition) is 1. The van der Waals surface area contributed by atoms with Crippen molar-refractivity contribution < 1.29 is 4.79 Å². The van der Waals surface area contributed by atoms with Gasteiger partial charge in [0.15, 0.2) is 0 Å². The Balaban J connectivity index is 1.72. The molecule has 24 heavy (non-hydrogen) atoms. The minimum absolute atomic E-state index is 0.0227. The number of amides is 1. The second-order valence-electron chi connectivity index (χ2n) is 5.60. The number of benzene rings is 3. The summed E-state index contributed by atoms with van der Waals surface area (Å²) in [7, 11) is 1.81. The molecule has 0 aromatic heterocycles. The van der Waals surface area contributed by atoms with E-state index in [9.17, 15) is 4.79 Å². The number of nitrogens with one attached hydrogen (secondary N) is 1. The Morgan fingerprint density at radius 2 is 1.58 bits per heavy atom. The molecule has 1 aliphatic rings. The first-order valence-corrected chi connectivity index (χ1v) is 8.56. The van der Waals surface area contributed by atoms with Crippen molar-refractivity contribution in [1.82, 2.24) is 0 Å². The zero-order valence-corrected chi connectivity index (χ0v) is 14.0. The zero-order chi connectivity index (χ0) is 16.5. The number of rotatable bonds is 2. The third-order valence-electron chi connectivity index (χ3n) is 4.07. The first kappa shape index (κ1) is 14.8. The molecule has 4 heteroatoms. The van der Waals surface area contributed by atoms with Gasteiger partial charge in [0.05, 0.1) is 16.9 Å². The summed E-state index contributed by atoms with van der Waals surface area (Å²) in [4.78, 5) is 16.9. The molecular formula is C20H16N2OS. The maximum atomic E-state index is 13.0. The van der Waals surface area contributed by atoms with Crippen molar-refractivity contribution in [3.8, 4) is 0 Å². The SMILES string of the molecule is CN(C(=O)c1cccc2c1Nc1ccccc1S2)c1ccccc1. The van der Waals surface area contributed by atoms with E-state index in [2.05, 4.69) is 11.4 Å². The Morgan fingerprint density at radius 3 is 2.42 bits per heavy atom. The molecule has 1 aliphatic heterocycles. The minimum Gasteiger partial charge on any atom is -0.353 e. The van der Waals surface area contributed by atoms with Crippen LogP contribution in [0.4, 0.5) is 17.1 Å². The highest BCUT2D eigenvalue weighted by molar-refractivity contribution is 7.99. The molecule has 4 rings (SSSR count). The molecule has 0 fully saturated rings. The van der Waals surface area contributed by atoms with Crippen molar-refractivity contribution in [2.24, 2.45) is 0 Å². The first-order chi connectivity index (χ1) is 11.7. The lowest BCUT2D eigenvalue weighted by Gasteiger charge is -2.25. The summed E-state index contributed by atoms with van der Waals surface area (Å²) in [5.41, 5.74) is 3.48. The summed E-state index contributed by atoms with van der Waals surface area (Å²) in [5.74, 6) is -0.0227. The topological polar surface area (TPSA) is 32.3 Å². The second-order valence-corrected chi connectivity index (χ2v) is 6.69. The minimum atomic E-state index is -0.0227. The molecule has 0 saturated heterocycles. The van der Waals surface area contributed by atoms with Crippen LogP contribution >= 0.6 is 11.8 Å². The van der Waals surface area contributed by atoms with E-state index in [0.717, 1.165) is 22.0 Å². The molecule has 0 aliphatic carbocycles. The lowest BCUT2D eigenvalue weighted by molar-refractivity contribution is 0.0993. The van der Waals surface area contributed by atoms with Crippen molar-refractivity contribution in [2.45, 2.75) is 9.79 Å². The fourth-order valence-corrected chi connectivity index (χ4v) is 3.81. The van der Waals surface area contributed by atoms with Crippen LogP contribution in [-0.4, -0.2) is 13.0 Å². The number of nitrogens with zero attached hydrogens (tertiary/aromatic N) is 1. The lowest BCUT2D eigenvalue weighted by Crippen LogP contribution is -2.27. The van der Waals surface area contributed by atoms with Gasteiger partial charge in [-0.15, -0.1) is 0 Å². The Bertz CT molecular complexity index is 909. The quantitative estimate of drug-likeness (QED) is 0.549. The predicted octanol–water partition coefficient (Wildman–Crippen LogP) is 5.17. The summed E-state index contributed by atoms with van der Waals surface area (Å²) in [6.45, 7) is 0. The van der Waals surface area contributed by atoms with E-state index in [4.69, 9.17) is 0 Å². The first-order valence-electron chi connectivity index (χ1n) is 7.74. The van der Waals surface area contributed by atoms with Crippen molar-refractivity contribution in [3.05, 3.63) is 78.4 Å². The summed E-state index contributed by atoms with van der Waals surface area (Å²) in [6.07, 6.45) is 0. The molecule has 0 saturated carbocycles. The predicted molar refractivity (Wildman–Crippen MR) is 99.5 cm³/mol. The van der Waals surface area contributed by atoms with Gasteiger partial charge in [0.2, 0.25) is 0 Å². The fourth-order valence-electron chi connectivity index (χ4n) is 2.78. The van der Waals surface area contributed by atoms with Crippen molar-refractivity contribution >= 4 is 34.7 Å². The van der Waals surface area contributed by atoms with Crippen LogP contribution < -0.4 is 10.2 Å². The van der Waals surface area contributed by atoms with E-state index in [0.29, 0.717) is 5.56 Å². The van der Waals surface area contributed by atoms with Crippen molar-refractivity contribution in [2.75, 3.05) is 17.3 Å². The monoisotopic (exact) mass is 332 g/mol. The zero-order valence-electron chi connectivity index (χ0n) is 13.2. The van der Waals surface area contributed by atoms with Crippen LogP contribution in [0.15, 0.2) is 82.6 Å². The highest BCUT2D eigenvalue weighted by Gasteiger charge is 2.23. The molecule has 0 bridgehead atoms. The maximum Gasteiger partial charge on any atom is 0.260 e. The largest absolute Gasteiger partial charge is 0.353 e. The Kier molecular flexibility index (Phi) is 3.75. The van der Waals surface area contributed by atoms with Crippen LogP contribution in [0, 0.1) is 0 Å². The highest BCUT2D eigenvalue weighted by atomic mass is 32.2. The third-order valence-corrected chi connectivity index (χ3v) is 5.21. The molecule has 1 amide bonds. The summed E-state index contributed by atoms with van der Waals surface area (Å²) in [6, 6.07) is 23.7. The van der Waals surface area contributed by atoms with Gasteiger partial charge in [-0.1, -0.05) is 48.2 Å². The van der Waals surface area contributed by atoms with Crippen molar-refractivity contribution in [3.63, 3.8) is 0 Å². The van der Waals surface area contributed by atoms with Gasteiger partial charge < -0.3 is 10.2 Å². The van der Waals surface area contributed by atoms with Gasteiger partial charge in [-0.2, -0.15) is 0 Å². The van der Waals surface area contributed by atoms with Gasteiger partial charge in [-0.3, -0.25) is 4.79 Å². The number of carbonyl (C=O) groups is 1. The number of carbonyl (C=O) groups excluding carboxylic acids is 1. The van der Waals surface area contributed by atoms with Crippen LogP contribution in [0.2, 0.25) is 0 Å². The Morgan fingerprint density at radius 1 is 0.875 bits per heavy atom. The molecule has 1 heterocycles. The summed E-state index contributed by atoms with van der Waals surface area (Å²) < 4.78 is 0. The van der Waals surface area contributed by atoms with E-state index >= 15 is 0 Å². The van der Waals surface area contributed by atoms with E-state index in [-0.39, 0.29) is 5.91 Å². The molecule has 1 N–H and O–H groups in total. The molecule has 3 aromatic carbocycles. The Labute approximate surface area is 145 Å². The number of para-hydroxylation sites is 3. The molecule has 118 valence electrons. The summed E-state index contributed by atoms with van der Waals surface area (Å²) >= 11 is 1.69. The second kappa shape index (κ2) is 6.06. The maximum absolute atomic E-state index is 13.0. The van der Waals surface area contributed by atoms with Crippen LogP contribution in [-0.2, 0) is 0 Å². The molecule has 0 spiro atoms. The molecule has 0 atom stereocenters. The van der Waals surface area contributed by atoms with Crippen molar-refractivity contribution in [1.29, 1.82) is 0 Å². The Hall–Kier alpha value is -2.72. The highest BCUT2D eigenvalue weighted by Crippen LogP contribution is 2.45. The standard InChI is InChI=1S/C20H16N2OS/c1-22(14-8-3-2-4-9-14)20(23)15-10-7-13-18-19(15)21-16-11-5-6-12-17(16)24-18/h2-13,21H,1H3. The molecule has 3 aromatic rings. The van der Waals surface area contributed by atoms with E-state index in [1.54, 1.807) is 23.7 Å². The van der Waals surface area contributed by atoms with Gasteiger partial charge in [0.1, 0.15) is 0 Å². The van der Waals surface area contributed by atoms with Gasteiger partial charge in [0, 0.05) is 22.5 Å². The number of fused-ring (bicyclic) bond motifs is 2. The number of hydrogen-bond acceptors (Lipinski definition) is 3. The average Bonchev–Trinajstić information content (AvgIpc) is 2.65. The van der Waals surface area contributed by atoms with Crippen LogP contribution in [0.1, 0.15) is 10.4 Å². The third kappa shape index (κ3) is 2.55. The van der Waals surface area contributed by atoms with E-state index in [1.807, 2.05) is 66.7 Å².